The van der Waals surface area contributed by atoms with Crippen LogP contribution in [0.25, 0.3) is 11.1 Å². The summed E-state index contributed by atoms with van der Waals surface area (Å²) in [6.45, 7) is 9.69. The van der Waals surface area contributed by atoms with Crippen molar-refractivity contribution in [3.05, 3.63) is 92.2 Å². The number of Topliss-reactive ketones (excluding diaryl/α,β-unsaturated/α-hetero) is 1. The van der Waals surface area contributed by atoms with E-state index in [2.05, 4.69) is 0 Å². The highest BCUT2D eigenvalue weighted by Crippen LogP contribution is 2.36. The lowest BCUT2D eigenvalue weighted by Gasteiger charge is -2.25. The second-order valence-electron chi connectivity index (χ2n) is 12.2. The number of halogens is 3. The Morgan fingerprint density at radius 3 is 2.09 bits per heavy atom. The molecule has 0 spiro atoms. The fourth-order valence-corrected chi connectivity index (χ4v) is 5.68. The zero-order valence-corrected chi connectivity index (χ0v) is 27.4. The number of aromatic nitrogens is 1. The van der Waals surface area contributed by atoms with Crippen molar-refractivity contribution >= 4 is 25.2 Å². The van der Waals surface area contributed by atoms with Gasteiger partial charge in [0.2, 0.25) is 0 Å². The van der Waals surface area contributed by atoms with Crippen LogP contribution in [0.15, 0.2) is 41.3 Å². The van der Waals surface area contributed by atoms with Crippen LogP contribution in [0, 0.1) is 44.1 Å². The van der Waals surface area contributed by atoms with Crippen molar-refractivity contribution in [3.63, 3.8) is 0 Å². The van der Waals surface area contributed by atoms with Gasteiger partial charge >= 0.3 is 5.97 Å². The Balaban J connectivity index is 0.00000675. The molecule has 240 valence electrons. The van der Waals surface area contributed by atoms with Crippen molar-refractivity contribution in [2.45, 2.75) is 72.3 Å². The number of carbonyl (C=O) groups excluding carboxylic acids is 1. The first kappa shape index (κ1) is 36.8. The number of carboxylic acids is 1. The molecule has 0 aliphatic heterocycles. The summed E-state index contributed by atoms with van der Waals surface area (Å²) in [6, 6.07) is 5.48. The SMILES string of the molecule is Cc1cc(=O)n(C(CC(C)C)C(=O)C[C@@H](CC(=O)O)c2cc(-c3c(C)cc(F)cc3C)cc(F)c2F)cc1CCN(C)C.S. The molecule has 0 amide bonds. The number of nitrogens with zero attached hydrogens (tertiary/aromatic N) is 2. The molecule has 3 aromatic rings. The Kier molecular flexibility index (Phi) is 13.0. The topological polar surface area (TPSA) is 79.6 Å². The second-order valence-corrected chi connectivity index (χ2v) is 12.2. The van der Waals surface area contributed by atoms with E-state index >= 15 is 8.78 Å². The van der Waals surface area contributed by atoms with E-state index < -0.39 is 54.0 Å². The summed E-state index contributed by atoms with van der Waals surface area (Å²) in [6.07, 6.45) is 1.61. The minimum absolute atomic E-state index is 0. The van der Waals surface area contributed by atoms with Gasteiger partial charge in [-0.1, -0.05) is 13.8 Å². The van der Waals surface area contributed by atoms with Crippen LogP contribution >= 0.6 is 13.5 Å². The number of carboxylic acid groups (broad SMARTS) is 1. The molecule has 0 saturated carbocycles. The summed E-state index contributed by atoms with van der Waals surface area (Å²) in [4.78, 5) is 41.0. The van der Waals surface area contributed by atoms with Gasteiger partial charge in [0.1, 0.15) is 5.82 Å². The maximum atomic E-state index is 15.4. The van der Waals surface area contributed by atoms with Crippen molar-refractivity contribution < 1.29 is 27.9 Å². The van der Waals surface area contributed by atoms with E-state index in [4.69, 9.17) is 0 Å². The van der Waals surface area contributed by atoms with Crippen molar-refractivity contribution in [1.82, 2.24) is 9.47 Å². The number of benzene rings is 2. The van der Waals surface area contributed by atoms with Gasteiger partial charge in [-0.15, -0.1) is 0 Å². The number of rotatable bonds is 13. The van der Waals surface area contributed by atoms with Gasteiger partial charge in [-0.3, -0.25) is 14.4 Å². The normalized spacial score (nSPS) is 12.7. The third-order valence-corrected chi connectivity index (χ3v) is 7.78. The molecular formula is C34H43F3N2O4S. The minimum Gasteiger partial charge on any atom is -0.481 e. The second kappa shape index (κ2) is 15.6. The average molecular weight is 633 g/mol. The molecule has 6 nitrogen and oxygen atoms in total. The lowest BCUT2D eigenvalue weighted by molar-refractivity contribution is -0.137. The first-order chi connectivity index (χ1) is 20.1. The van der Waals surface area contributed by atoms with E-state index in [0.29, 0.717) is 29.5 Å². The smallest absolute Gasteiger partial charge is 0.303 e. The van der Waals surface area contributed by atoms with Gasteiger partial charge in [0.15, 0.2) is 17.4 Å². The molecule has 0 saturated heterocycles. The Labute approximate surface area is 264 Å². The first-order valence-corrected chi connectivity index (χ1v) is 14.5. The van der Waals surface area contributed by atoms with Crippen LogP contribution in [-0.2, 0) is 16.0 Å². The molecule has 3 rings (SSSR count). The van der Waals surface area contributed by atoms with Crippen LogP contribution in [-0.4, -0.2) is 47.0 Å². The Bertz CT molecular complexity index is 1550. The zero-order valence-electron chi connectivity index (χ0n) is 26.4. The fourth-order valence-electron chi connectivity index (χ4n) is 5.68. The lowest BCUT2D eigenvalue weighted by atomic mass is 9.84. The molecule has 1 N–H and O–H groups in total. The van der Waals surface area contributed by atoms with E-state index in [1.165, 1.54) is 28.8 Å². The Hall–Kier alpha value is -3.37. The predicted octanol–water partition coefficient (Wildman–Crippen LogP) is 6.88. The van der Waals surface area contributed by atoms with Crippen LogP contribution in [0.1, 0.15) is 72.9 Å². The number of likely N-dealkylation sites (N-methyl/N-ethyl adjacent to an activating group) is 1. The molecule has 10 heteroatoms. The summed E-state index contributed by atoms with van der Waals surface area (Å²) in [5, 5.41) is 9.71. The largest absolute Gasteiger partial charge is 0.481 e. The zero-order chi connectivity index (χ0) is 32.2. The van der Waals surface area contributed by atoms with E-state index in [9.17, 15) is 23.9 Å². The van der Waals surface area contributed by atoms with Gasteiger partial charge in [-0.25, -0.2) is 13.2 Å². The third kappa shape index (κ3) is 9.08. The summed E-state index contributed by atoms with van der Waals surface area (Å²) >= 11 is 0. The maximum absolute atomic E-state index is 15.4. The molecule has 0 aliphatic carbocycles. The van der Waals surface area contributed by atoms with Gasteiger partial charge in [0.25, 0.3) is 5.56 Å². The van der Waals surface area contributed by atoms with E-state index in [1.807, 2.05) is 39.8 Å². The average Bonchev–Trinajstić information content (AvgIpc) is 2.87. The molecule has 0 bridgehead atoms. The van der Waals surface area contributed by atoms with E-state index in [-0.39, 0.29) is 36.1 Å². The van der Waals surface area contributed by atoms with E-state index in [1.54, 1.807) is 20.0 Å². The molecule has 0 radical (unpaired) electrons. The molecule has 1 unspecified atom stereocenters. The summed E-state index contributed by atoms with van der Waals surface area (Å²) in [5.74, 6) is -5.82. The number of hydrogen-bond donors (Lipinski definition) is 1. The quantitative estimate of drug-likeness (QED) is 0.222. The number of pyridine rings is 1. The Morgan fingerprint density at radius 2 is 1.55 bits per heavy atom. The van der Waals surface area contributed by atoms with Crippen molar-refractivity contribution in [2.75, 3.05) is 20.6 Å². The molecule has 2 atom stereocenters. The molecule has 1 aromatic heterocycles. The standard InChI is InChI=1S/C34H41F3N2O4.H2S/c1-19(2)10-29(39-18-23(8-9-38(6)7)20(3)13-31(39)41)30(40)16-24(17-32(42)43)27-14-25(15-28(36)34(27)37)33-21(4)11-26(35)12-22(33)5;/h11-15,18-19,24,29H,8-10,16-17H2,1-7H3,(H,42,43);1H2/t24-,29?;/m0./s1. The number of aliphatic carboxylic acids is 1. The molecule has 0 fully saturated rings. The van der Waals surface area contributed by atoms with Crippen LogP contribution in [0.5, 0.6) is 0 Å². The summed E-state index contributed by atoms with van der Waals surface area (Å²) < 4.78 is 45.8. The van der Waals surface area contributed by atoms with Crippen molar-refractivity contribution in [3.8, 4) is 11.1 Å². The highest BCUT2D eigenvalue weighted by molar-refractivity contribution is 7.59. The van der Waals surface area contributed by atoms with Gasteiger partial charge in [-0.05, 0) is 117 Å². The van der Waals surface area contributed by atoms with Gasteiger partial charge < -0.3 is 14.6 Å². The fraction of sp³-hybridized carbons (Fsp3) is 0.441. The molecule has 1 heterocycles. The van der Waals surface area contributed by atoms with Gasteiger partial charge in [-0.2, -0.15) is 13.5 Å². The highest BCUT2D eigenvalue weighted by Gasteiger charge is 2.30. The minimum atomic E-state index is -1.28. The van der Waals surface area contributed by atoms with Crippen molar-refractivity contribution in [2.24, 2.45) is 5.92 Å². The van der Waals surface area contributed by atoms with Crippen LogP contribution < -0.4 is 5.56 Å². The van der Waals surface area contributed by atoms with E-state index in [0.717, 1.165) is 23.7 Å². The van der Waals surface area contributed by atoms with Crippen LogP contribution in [0.3, 0.4) is 0 Å². The predicted molar refractivity (Wildman–Crippen MR) is 172 cm³/mol. The Morgan fingerprint density at radius 1 is 0.932 bits per heavy atom. The monoisotopic (exact) mass is 632 g/mol. The first-order valence-electron chi connectivity index (χ1n) is 14.5. The number of ketones is 1. The number of aryl methyl sites for hydroxylation is 3. The highest BCUT2D eigenvalue weighted by atomic mass is 32.1. The van der Waals surface area contributed by atoms with Crippen LogP contribution in [0.2, 0.25) is 0 Å². The molecule has 44 heavy (non-hydrogen) atoms. The van der Waals surface area contributed by atoms with Gasteiger partial charge in [0, 0.05) is 31.1 Å². The van der Waals surface area contributed by atoms with Crippen LogP contribution in [0.4, 0.5) is 13.2 Å². The summed E-state index contributed by atoms with van der Waals surface area (Å²) in [7, 11) is 3.88. The third-order valence-electron chi connectivity index (χ3n) is 7.78. The van der Waals surface area contributed by atoms with Gasteiger partial charge in [0.05, 0.1) is 12.5 Å². The van der Waals surface area contributed by atoms with Crippen molar-refractivity contribution in [1.29, 1.82) is 0 Å². The molecular weight excluding hydrogens is 589 g/mol. The summed E-state index contributed by atoms with van der Waals surface area (Å²) in [5.41, 5.74) is 2.86. The molecule has 2 aromatic carbocycles. The lowest BCUT2D eigenvalue weighted by Crippen LogP contribution is -2.32. The molecule has 0 aliphatic rings. The number of carbonyl (C=O) groups is 2. The number of hydrogen-bond acceptors (Lipinski definition) is 4. The maximum Gasteiger partial charge on any atom is 0.303 e.